The summed E-state index contributed by atoms with van der Waals surface area (Å²) in [6.07, 6.45) is 0.365. The summed E-state index contributed by atoms with van der Waals surface area (Å²) >= 11 is 0. The molecular weight excluding hydrogens is 593 g/mol. The number of hydrogen-bond acceptors (Lipinski definition) is 6. The Balaban J connectivity index is 1.50. The summed E-state index contributed by atoms with van der Waals surface area (Å²) < 4.78 is 63.1. The number of benzene rings is 4. The summed E-state index contributed by atoms with van der Waals surface area (Å²) in [6.45, 7) is 1.91. The van der Waals surface area contributed by atoms with Gasteiger partial charge in [-0.3, -0.25) is 4.79 Å². The fourth-order valence-corrected chi connectivity index (χ4v) is 11.7. The van der Waals surface area contributed by atoms with Crippen molar-refractivity contribution >= 4 is 25.5 Å². The monoisotopic (exact) mass is 628 g/mol. The largest absolute Gasteiger partial charge is 0.497 e. The zero-order chi connectivity index (χ0) is 31.1. The van der Waals surface area contributed by atoms with Crippen molar-refractivity contribution in [1.82, 2.24) is 0 Å². The summed E-state index contributed by atoms with van der Waals surface area (Å²) in [5.74, 6) is -1.76. The number of Topliss-reactive ketones (excluding diaryl/α,β-unsaturated/α-hetero) is 1. The molecule has 4 aromatic rings. The van der Waals surface area contributed by atoms with Crippen molar-refractivity contribution in [2.45, 2.75) is 58.3 Å². The molecular formula is C36H36O6S2. The number of sulfone groups is 2. The van der Waals surface area contributed by atoms with E-state index in [-0.39, 0.29) is 34.8 Å². The molecule has 2 fully saturated rings. The van der Waals surface area contributed by atoms with Gasteiger partial charge in [0.05, 0.1) is 27.4 Å². The van der Waals surface area contributed by atoms with Crippen molar-refractivity contribution in [3.8, 4) is 5.75 Å². The summed E-state index contributed by atoms with van der Waals surface area (Å²) in [7, 11) is -6.20. The number of rotatable bonds is 7. The average Bonchev–Trinajstić information content (AvgIpc) is 3.05. The van der Waals surface area contributed by atoms with Crippen LogP contribution < -0.4 is 4.74 Å². The summed E-state index contributed by atoms with van der Waals surface area (Å²) in [6, 6.07) is 31.9. The van der Waals surface area contributed by atoms with Crippen molar-refractivity contribution in [2.75, 3.05) is 7.11 Å². The van der Waals surface area contributed by atoms with Gasteiger partial charge in [0.25, 0.3) is 0 Å². The van der Waals surface area contributed by atoms with Crippen LogP contribution in [-0.4, -0.2) is 40.2 Å². The van der Waals surface area contributed by atoms with E-state index in [2.05, 4.69) is 0 Å². The van der Waals surface area contributed by atoms with Gasteiger partial charge >= 0.3 is 0 Å². The molecule has 0 aliphatic heterocycles. The van der Waals surface area contributed by atoms with Crippen LogP contribution in [0.4, 0.5) is 0 Å². The molecule has 0 spiro atoms. The minimum Gasteiger partial charge on any atom is -0.497 e. The molecule has 0 amide bonds. The predicted molar refractivity (Wildman–Crippen MR) is 170 cm³/mol. The Labute approximate surface area is 259 Å². The van der Waals surface area contributed by atoms with E-state index in [4.69, 9.17) is 4.74 Å². The molecule has 0 aromatic heterocycles. The van der Waals surface area contributed by atoms with Gasteiger partial charge in [-0.25, -0.2) is 16.8 Å². The van der Waals surface area contributed by atoms with Crippen LogP contribution in [0.2, 0.25) is 0 Å². The second-order valence-electron chi connectivity index (χ2n) is 12.0. The maximum Gasteiger partial charge on any atom is 0.182 e. The van der Waals surface area contributed by atoms with E-state index in [1.54, 1.807) is 73.8 Å². The highest BCUT2D eigenvalue weighted by atomic mass is 32.2. The summed E-state index contributed by atoms with van der Waals surface area (Å²) in [5.41, 5.74) is 2.54. The number of fused-ring (bicyclic) bond motifs is 1. The number of carbonyl (C=O) groups excluding carboxylic acids is 1. The Hall–Kier alpha value is -3.75. The second-order valence-corrected chi connectivity index (χ2v) is 16.3. The lowest BCUT2D eigenvalue weighted by atomic mass is 9.61. The van der Waals surface area contributed by atoms with Crippen LogP contribution in [0.3, 0.4) is 0 Å². The molecule has 44 heavy (non-hydrogen) atoms. The van der Waals surface area contributed by atoms with E-state index in [9.17, 15) is 21.6 Å². The van der Waals surface area contributed by atoms with Gasteiger partial charge in [-0.2, -0.15) is 0 Å². The topological polar surface area (TPSA) is 94.6 Å². The molecule has 4 aromatic carbocycles. The van der Waals surface area contributed by atoms with E-state index in [1.165, 1.54) is 0 Å². The van der Waals surface area contributed by atoms with Gasteiger partial charge in [0.1, 0.15) is 11.5 Å². The minimum absolute atomic E-state index is 0.0479. The van der Waals surface area contributed by atoms with E-state index in [0.29, 0.717) is 5.75 Å². The van der Waals surface area contributed by atoms with Crippen LogP contribution in [0.5, 0.6) is 5.75 Å². The molecule has 2 aliphatic carbocycles. The molecule has 6 nitrogen and oxygen atoms in total. The molecule has 2 aliphatic rings. The third kappa shape index (κ3) is 5.50. The molecule has 8 heteroatoms. The van der Waals surface area contributed by atoms with Crippen LogP contribution in [0, 0.1) is 18.8 Å². The normalized spacial score (nSPS) is 25.6. The van der Waals surface area contributed by atoms with E-state index in [1.807, 2.05) is 49.4 Å². The molecule has 228 valence electrons. The molecule has 2 unspecified atom stereocenters. The smallest absolute Gasteiger partial charge is 0.182 e. The molecule has 0 saturated heterocycles. The molecule has 0 bridgehead atoms. The maximum absolute atomic E-state index is 14.6. The van der Waals surface area contributed by atoms with Crippen molar-refractivity contribution in [3.05, 3.63) is 126 Å². The first kappa shape index (κ1) is 30.3. The number of hydrogen-bond donors (Lipinski definition) is 0. The standard InChI is InChI=1S/C36H36O6S2/c1-24-13-19-29(20-14-24)44(40,41)36-31(25-9-5-3-6-10-25)22-34(37)32-23-35(43(38,39)28-11-7-4-8-12-28)30(21-33(32)36)26-15-17-27(42-2)18-16-26/h3-20,30-33,35-36H,21-23H2,1-2H3/t30-,31-,32+,33-,35?,36?/m0/s1. The van der Waals surface area contributed by atoms with E-state index >= 15 is 0 Å². The minimum atomic E-state index is -3.91. The lowest BCUT2D eigenvalue weighted by Crippen LogP contribution is -2.53. The van der Waals surface area contributed by atoms with Crippen LogP contribution >= 0.6 is 0 Å². The fraction of sp³-hybridized carbons (Fsp3) is 0.306. The number of methoxy groups -OCH3 is 1. The van der Waals surface area contributed by atoms with E-state index in [0.717, 1.165) is 16.7 Å². The molecule has 0 radical (unpaired) electrons. The van der Waals surface area contributed by atoms with Gasteiger partial charge in [-0.15, -0.1) is 0 Å². The Kier molecular flexibility index (Phi) is 8.24. The predicted octanol–water partition coefficient (Wildman–Crippen LogP) is 6.56. The van der Waals surface area contributed by atoms with Gasteiger partial charge in [0, 0.05) is 24.2 Å². The fourth-order valence-electron chi connectivity index (χ4n) is 7.38. The van der Waals surface area contributed by atoms with Gasteiger partial charge in [-0.1, -0.05) is 78.4 Å². The molecule has 0 heterocycles. The van der Waals surface area contributed by atoms with Crippen LogP contribution in [0.15, 0.2) is 119 Å². The Morgan fingerprint density at radius 3 is 1.80 bits per heavy atom. The summed E-state index contributed by atoms with van der Waals surface area (Å²) in [4.78, 5) is 14.4. The number of aryl methyl sites for hydroxylation is 1. The SMILES string of the molecule is COc1ccc([C@@H]2C[C@@H]3C(S(=O)(=O)c4ccc(C)cc4)[C@H](c4ccccc4)CC(=O)[C@@H]3CC2S(=O)(=O)c2ccccc2)cc1. The van der Waals surface area contributed by atoms with Crippen molar-refractivity contribution < 1.29 is 26.4 Å². The average molecular weight is 629 g/mol. The second kappa shape index (κ2) is 12.0. The van der Waals surface area contributed by atoms with Gasteiger partial charge < -0.3 is 4.74 Å². The first-order chi connectivity index (χ1) is 21.1. The third-order valence-corrected chi connectivity index (χ3v) is 14.2. The highest BCUT2D eigenvalue weighted by Crippen LogP contribution is 2.54. The van der Waals surface area contributed by atoms with Crippen LogP contribution in [-0.2, 0) is 24.5 Å². The van der Waals surface area contributed by atoms with Crippen LogP contribution in [0.1, 0.15) is 47.8 Å². The molecule has 6 rings (SSSR count). The number of ketones is 1. The Morgan fingerprint density at radius 1 is 0.614 bits per heavy atom. The highest BCUT2D eigenvalue weighted by molar-refractivity contribution is 7.92. The maximum atomic E-state index is 14.6. The number of carbonyl (C=O) groups is 1. The van der Waals surface area contributed by atoms with Gasteiger partial charge in [0.15, 0.2) is 19.7 Å². The highest BCUT2D eigenvalue weighted by Gasteiger charge is 2.56. The Bertz CT molecular complexity index is 1840. The zero-order valence-corrected chi connectivity index (χ0v) is 26.4. The quantitative estimate of drug-likeness (QED) is 0.230. The summed E-state index contributed by atoms with van der Waals surface area (Å²) in [5, 5.41) is -1.78. The van der Waals surface area contributed by atoms with Gasteiger partial charge in [-0.05, 0) is 73.2 Å². The molecule has 0 N–H and O–H groups in total. The van der Waals surface area contributed by atoms with Crippen molar-refractivity contribution in [2.24, 2.45) is 11.8 Å². The molecule has 2 saturated carbocycles. The Morgan fingerprint density at radius 2 is 1.18 bits per heavy atom. The first-order valence-corrected chi connectivity index (χ1v) is 18.0. The van der Waals surface area contributed by atoms with E-state index < -0.39 is 53.8 Å². The van der Waals surface area contributed by atoms with Crippen LogP contribution in [0.25, 0.3) is 0 Å². The third-order valence-electron chi connectivity index (χ3n) is 9.58. The molecule has 6 atom stereocenters. The lowest BCUT2D eigenvalue weighted by molar-refractivity contribution is -0.128. The first-order valence-electron chi connectivity index (χ1n) is 14.9. The van der Waals surface area contributed by atoms with Crippen molar-refractivity contribution in [1.29, 1.82) is 0 Å². The van der Waals surface area contributed by atoms with Gasteiger partial charge in [0.2, 0.25) is 0 Å². The zero-order valence-electron chi connectivity index (χ0n) is 24.7. The number of ether oxygens (including phenoxy) is 1. The lowest BCUT2D eigenvalue weighted by Gasteiger charge is -2.48. The van der Waals surface area contributed by atoms with Crippen molar-refractivity contribution in [3.63, 3.8) is 0 Å².